The van der Waals surface area contributed by atoms with Gasteiger partial charge in [-0.05, 0) is 19.4 Å². The summed E-state index contributed by atoms with van der Waals surface area (Å²) in [5.41, 5.74) is 0. The van der Waals surface area contributed by atoms with Crippen LogP contribution in [0.4, 0.5) is 5.13 Å². The van der Waals surface area contributed by atoms with Crippen molar-refractivity contribution in [2.24, 2.45) is 0 Å². The molecule has 1 amide bonds. The molecule has 0 saturated carbocycles. The third-order valence-electron chi connectivity index (χ3n) is 2.08. The van der Waals surface area contributed by atoms with Crippen LogP contribution in [0.5, 0.6) is 0 Å². The predicted molar refractivity (Wildman–Crippen MR) is 56.8 cm³/mol. The van der Waals surface area contributed by atoms with E-state index in [0.717, 1.165) is 19.4 Å². The number of rotatable bonds is 2. The van der Waals surface area contributed by atoms with E-state index >= 15 is 0 Å². The smallest absolute Gasteiger partial charge is 0.243 e. The maximum absolute atomic E-state index is 11.6. The molecule has 1 aliphatic heterocycles. The monoisotopic (exact) mass is 231 g/mol. The molecule has 0 radical (unpaired) electrons. The third kappa shape index (κ3) is 2.23. The Kier molecular flexibility index (Phi) is 3.00. The summed E-state index contributed by atoms with van der Waals surface area (Å²) in [5.74, 6) is -0.0199. The maximum Gasteiger partial charge on any atom is 0.243 e. The lowest BCUT2D eigenvalue weighted by Gasteiger charge is -2.08. The van der Waals surface area contributed by atoms with Crippen molar-refractivity contribution in [1.82, 2.24) is 10.3 Å². The lowest BCUT2D eigenvalue weighted by atomic mass is 10.2. The average molecular weight is 232 g/mol. The van der Waals surface area contributed by atoms with Crippen molar-refractivity contribution in [2.45, 2.75) is 18.9 Å². The lowest BCUT2D eigenvalue weighted by Crippen LogP contribution is -2.35. The summed E-state index contributed by atoms with van der Waals surface area (Å²) in [6.45, 7) is 0.913. The molecule has 0 bridgehead atoms. The molecule has 1 aromatic heterocycles. The van der Waals surface area contributed by atoms with E-state index < -0.39 is 0 Å². The van der Waals surface area contributed by atoms with Crippen LogP contribution >= 0.6 is 22.9 Å². The molecule has 0 aliphatic carbocycles. The Hall–Kier alpha value is -0.650. The van der Waals surface area contributed by atoms with Crippen molar-refractivity contribution in [3.05, 3.63) is 10.5 Å². The van der Waals surface area contributed by atoms with E-state index in [9.17, 15) is 4.79 Å². The summed E-state index contributed by atoms with van der Waals surface area (Å²) in [4.78, 5) is 15.5. The van der Waals surface area contributed by atoms with E-state index in [1.54, 1.807) is 0 Å². The van der Waals surface area contributed by atoms with Gasteiger partial charge in [0.1, 0.15) is 4.34 Å². The van der Waals surface area contributed by atoms with Crippen molar-refractivity contribution in [2.75, 3.05) is 11.9 Å². The number of nitrogens with zero attached hydrogens (tertiary/aromatic N) is 1. The highest BCUT2D eigenvalue weighted by Crippen LogP contribution is 2.22. The van der Waals surface area contributed by atoms with Gasteiger partial charge in [0.2, 0.25) is 5.91 Å². The zero-order valence-electron chi connectivity index (χ0n) is 7.42. The Morgan fingerprint density at radius 3 is 3.21 bits per heavy atom. The number of nitrogens with one attached hydrogen (secondary N) is 2. The largest absolute Gasteiger partial charge is 0.306 e. The van der Waals surface area contributed by atoms with Gasteiger partial charge in [0.25, 0.3) is 0 Å². The van der Waals surface area contributed by atoms with Gasteiger partial charge in [-0.3, -0.25) is 4.79 Å². The van der Waals surface area contributed by atoms with Gasteiger partial charge >= 0.3 is 0 Å². The normalized spacial score (nSPS) is 21.1. The molecule has 2 heterocycles. The van der Waals surface area contributed by atoms with E-state index in [1.165, 1.54) is 17.5 Å². The molecule has 1 aromatic rings. The number of hydrogen-bond acceptors (Lipinski definition) is 4. The van der Waals surface area contributed by atoms with Gasteiger partial charge in [-0.15, -0.1) is 0 Å². The van der Waals surface area contributed by atoms with Gasteiger partial charge in [0, 0.05) is 0 Å². The van der Waals surface area contributed by atoms with Gasteiger partial charge in [-0.1, -0.05) is 22.9 Å². The Labute approximate surface area is 90.7 Å². The average Bonchev–Trinajstić information content (AvgIpc) is 2.75. The van der Waals surface area contributed by atoms with Gasteiger partial charge in [0.05, 0.1) is 12.2 Å². The second-order valence-corrected chi connectivity index (χ2v) is 4.77. The highest BCUT2D eigenvalue weighted by Gasteiger charge is 2.22. The van der Waals surface area contributed by atoms with Crippen molar-refractivity contribution in [1.29, 1.82) is 0 Å². The maximum atomic E-state index is 11.6. The molecule has 2 rings (SSSR count). The zero-order valence-corrected chi connectivity index (χ0v) is 8.99. The minimum Gasteiger partial charge on any atom is -0.306 e. The van der Waals surface area contributed by atoms with E-state index in [2.05, 4.69) is 15.6 Å². The molecular formula is C8H10ClN3OS. The topological polar surface area (TPSA) is 54.0 Å². The number of anilines is 1. The second kappa shape index (κ2) is 4.25. The fourth-order valence-electron chi connectivity index (χ4n) is 1.41. The van der Waals surface area contributed by atoms with Crippen LogP contribution in [-0.4, -0.2) is 23.5 Å². The van der Waals surface area contributed by atoms with Crippen LogP contribution in [0.3, 0.4) is 0 Å². The Morgan fingerprint density at radius 2 is 2.64 bits per heavy atom. The van der Waals surface area contributed by atoms with E-state index in [0.29, 0.717) is 9.47 Å². The molecule has 76 valence electrons. The number of carbonyl (C=O) groups is 1. The van der Waals surface area contributed by atoms with E-state index in [-0.39, 0.29) is 11.9 Å². The number of hydrogen-bond donors (Lipinski definition) is 2. The molecule has 4 nitrogen and oxygen atoms in total. The summed E-state index contributed by atoms with van der Waals surface area (Å²) in [7, 11) is 0. The molecule has 6 heteroatoms. The number of carbonyl (C=O) groups excluding carboxylic acids is 1. The standard InChI is InChI=1S/C8H10ClN3OS/c9-6-4-11-8(14-6)12-7(13)5-2-1-3-10-5/h4-5,10H,1-3H2,(H,11,12,13)/t5-/m0/s1. The van der Waals surface area contributed by atoms with Gasteiger partial charge in [-0.25, -0.2) is 4.98 Å². The van der Waals surface area contributed by atoms with Crippen molar-refractivity contribution in [3.8, 4) is 0 Å². The first kappa shape index (κ1) is 9.89. The summed E-state index contributed by atoms with van der Waals surface area (Å²) < 4.78 is 0.583. The molecule has 1 atom stereocenters. The quantitative estimate of drug-likeness (QED) is 0.811. The lowest BCUT2D eigenvalue weighted by molar-refractivity contribution is -0.117. The number of aromatic nitrogens is 1. The molecule has 1 aliphatic rings. The SMILES string of the molecule is O=C(Nc1ncc(Cl)s1)[C@@H]1CCCN1. The first-order valence-corrected chi connectivity index (χ1v) is 5.61. The van der Waals surface area contributed by atoms with Crippen LogP contribution in [-0.2, 0) is 4.79 Å². The van der Waals surface area contributed by atoms with Crippen LogP contribution in [0.15, 0.2) is 6.20 Å². The molecule has 1 fully saturated rings. The van der Waals surface area contributed by atoms with Crippen LogP contribution in [0.25, 0.3) is 0 Å². The third-order valence-corrected chi connectivity index (χ3v) is 3.11. The highest BCUT2D eigenvalue weighted by molar-refractivity contribution is 7.19. The summed E-state index contributed by atoms with van der Waals surface area (Å²) in [6, 6.07) is -0.0716. The molecule has 0 unspecified atom stereocenters. The van der Waals surface area contributed by atoms with Crippen molar-refractivity contribution >= 4 is 34.0 Å². The molecule has 2 N–H and O–H groups in total. The van der Waals surface area contributed by atoms with E-state index in [4.69, 9.17) is 11.6 Å². The van der Waals surface area contributed by atoms with Gasteiger partial charge < -0.3 is 10.6 Å². The Morgan fingerprint density at radius 1 is 1.79 bits per heavy atom. The predicted octanol–water partition coefficient (Wildman–Crippen LogP) is 1.49. The van der Waals surface area contributed by atoms with Gasteiger partial charge in [-0.2, -0.15) is 0 Å². The summed E-state index contributed by atoms with van der Waals surface area (Å²) in [6.07, 6.45) is 3.48. The van der Waals surface area contributed by atoms with Crippen molar-refractivity contribution in [3.63, 3.8) is 0 Å². The zero-order chi connectivity index (χ0) is 9.97. The molecule has 14 heavy (non-hydrogen) atoms. The minimum atomic E-state index is -0.0716. The molecule has 0 spiro atoms. The second-order valence-electron chi connectivity index (χ2n) is 3.11. The number of halogens is 1. The first-order valence-electron chi connectivity index (χ1n) is 4.41. The van der Waals surface area contributed by atoms with E-state index in [1.807, 2.05) is 0 Å². The van der Waals surface area contributed by atoms with Crippen LogP contribution in [0.2, 0.25) is 4.34 Å². The van der Waals surface area contributed by atoms with Crippen LogP contribution in [0, 0.1) is 0 Å². The van der Waals surface area contributed by atoms with Crippen LogP contribution in [0.1, 0.15) is 12.8 Å². The first-order chi connectivity index (χ1) is 6.75. The molecule has 0 aromatic carbocycles. The summed E-state index contributed by atoms with van der Waals surface area (Å²) in [5, 5.41) is 6.41. The Bertz CT molecular complexity index is 335. The molecular weight excluding hydrogens is 222 g/mol. The highest BCUT2D eigenvalue weighted by atomic mass is 35.5. The van der Waals surface area contributed by atoms with Crippen LogP contribution < -0.4 is 10.6 Å². The summed E-state index contributed by atoms with van der Waals surface area (Å²) >= 11 is 6.96. The fraction of sp³-hybridized carbons (Fsp3) is 0.500. The molecule has 1 saturated heterocycles. The fourth-order valence-corrected chi connectivity index (χ4v) is 2.23. The minimum absolute atomic E-state index is 0.0199. The Balaban J connectivity index is 1.93. The number of thiazole rings is 1. The van der Waals surface area contributed by atoms with Gasteiger partial charge in [0.15, 0.2) is 5.13 Å². The number of amides is 1. The van der Waals surface area contributed by atoms with Crippen molar-refractivity contribution < 1.29 is 4.79 Å².